The molecule has 178 valence electrons. The van der Waals surface area contributed by atoms with Crippen LogP contribution in [0.3, 0.4) is 0 Å². The van der Waals surface area contributed by atoms with Gasteiger partial charge in [-0.3, -0.25) is 9.89 Å². The number of nitrogens with zero attached hydrogens (tertiary/aromatic N) is 2. The third-order valence-electron chi connectivity index (χ3n) is 5.54. The fourth-order valence-electron chi connectivity index (χ4n) is 3.85. The van der Waals surface area contributed by atoms with Crippen LogP contribution in [0.25, 0.3) is 0 Å². The van der Waals surface area contributed by atoms with Crippen LogP contribution in [-0.4, -0.2) is 75.6 Å². The smallest absolute Gasteiger partial charge is 0.191 e. The predicted octanol–water partition coefficient (Wildman–Crippen LogP) is 3.04. The van der Waals surface area contributed by atoms with Crippen LogP contribution in [-0.2, 0) is 4.74 Å². The molecule has 1 aliphatic heterocycles. The molecule has 2 unspecified atom stereocenters. The summed E-state index contributed by atoms with van der Waals surface area (Å²) in [5.74, 6) is 2.13. The fourth-order valence-corrected chi connectivity index (χ4v) is 3.85. The average Bonchev–Trinajstić information content (AvgIpc) is 2.78. The van der Waals surface area contributed by atoms with Gasteiger partial charge >= 0.3 is 0 Å². The van der Waals surface area contributed by atoms with Crippen molar-refractivity contribution < 1.29 is 14.6 Å². The number of rotatable bonds is 12. The number of hydrogen-bond acceptors (Lipinski definition) is 5. The van der Waals surface area contributed by atoms with Gasteiger partial charge in [0.05, 0.1) is 26.4 Å². The van der Waals surface area contributed by atoms with Crippen molar-refractivity contribution in [2.75, 3.05) is 59.7 Å². The summed E-state index contributed by atoms with van der Waals surface area (Å²) in [4.78, 5) is 7.28. The highest BCUT2D eigenvalue weighted by Crippen LogP contribution is 2.23. The first kappa shape index (κ1) is 27.9. The Morgan fingerprint density at radius 3 is 2.45 bits per heavy atom. The summed E-state index contributed by atoms with van der Waals surface area (Å²) < 4.78 is 10.9. The van der Waals surface area contributed by atoms with Crippen molar-refractivity contribution in [3.63, 3.8) is 0 Å². The largest absolute Gasteiger partial charge is 0.497 e. The maximum Gasteiger partial charge on any atom is 0.191 e. The van der Waals surface area contributed by atoms with Crippen molar-refractivity contribution in [2.24, 2.45) is 10.9 Å². The lowest BCUT2D eigenvalue weighted by Crippen LogP contribution is -2.46. The zero-order chi connectivity index (χ0) is 21.6. The maximum absolute atomic E-state index is 9.31. The van der Waals surface area contributed by atoms with Gasteiger partial charge in [-0.05, 0) is 43.4 Å². The number of guanidine groups is 1. The Labute approximate surface area is 205 Å². The minimum absolute atomic E-state index is 0. The average molecular weight is 549 g/mol. The van der Waals surface area contributed by atoms with Crippen molar-refractivity contribution >= 4 is 29.9 Å². The van der Waals surface area contributed by atoms with Gasteiger partial charge in [-0.15, -0.1) is 24.0 Å². The number of aliphatic imine (C=N–C) groups is 1. The molecule has 1 saturated heterocycles. The first-order valence-corrected chi connectivity index (χ1v) is 11.3. The highest BCUT2D eigenvalue weighted by Gasteiger charge is 2.23. The van der Waals surface area contributed by atoms with Crippen LogP contribution in [0.1, 0.15) is 44.7 Å². The molecule has 1 aliphatic rings. The van der Waals surface area contributed by atoms with E-state index in [4.69, 9.17) is 14.5 Å². The van der Waals surface area contributed by atoms with Crippen LogP contribution in [0.15, 0.2) is 29.3 Å². The lowest BCUT2D eigenvalue weighted by molar-refractivity contribution is 0.0170. The molecule has 8 heteroatoms. The number of aliphatic hydroxyl groups excluding tert-OH is 1. The van der Waals surface area contributed by atoms with Crippen LogP contribution < -0.4 is 15.4 Å². The minimum atomic E-state index is 0. The SMILES string of the molecule is CCCC(CCO)CN=C(NCC)NCC(c1ccc(OC)cc1)N1CCOCC1.I. The third-order valence-corrected chi connectivity index (χ3v) is 5.54. The first-order chi connectivity index (χ1) is 14.7. The topological polar surface area (TPSA) is 78.4 Å². The summed E-state index contributed by atoms with van der Waals surface area (Å²) in [6.45, 7) is 10.2. The van der Waals surface area contributed by atoms with Gasteiger partial charge in [-0.1, -0.05) is 25.5 Å². The lowest BCUT2D eigenvalue weighted by atomic mass is 10.0. The Bertz CT molecular complexity index is 603. The van der Waals surface area contributed by atoms with E-state index in [-0.39, 0.29) is 36.6 Å². The van der Waals surface area contributed by atoms with Gasteiger partial charge in [0.15, 0.2) is 5.96 Å². The van der Waals surface area contributed by atoms with E-state index in [1.807, 2.05) is 12.1 Å². The lowest BCUT2D eigenvalue weighted by Gasteiger charge is -2.35. The van der Waals surface area contributed by atoms with Crippen molar-refractivity contribution in [1.29, 1.82) is 0 Å². The van der Waals surface area contributed by atoms with Gasteiger partial charge in [0.2, 0.25) is 0 Å². The van der Waals surface area contributed by atoms with Crippen molar-refractivity contribution in [3.05, 3.63) is 29.8 Å². The molecule has 1 heterocycles. The van der Waals surface area contributed by atoms with Gasteiger partial charge in [0, 0.05) is 39.3 Å². The van der Waals surface area contributed by atoms with Crippen LogP contribution in [0, 0.1) is 5.92 Å². The Balaban J connectivity index is 0.00000480. The normalized spacial score (nSPS) is 16.8. The Kier molecular flexibility index (Phi) is 14.9. The fraction of sp³-hybridized carbons (Fsp3) is 0.696. The van der Waals surface area contributed by atoms with E-state index in [1.54, 1.807) is 7.11 Å². The second-order valence-corrected chi connectivity index (χ2v) is 7.70. The highest BCUT2D eigenvalue weighted by molar-refractivity contribution is 14.0. The standard InChI is InChI=1S/C23H40N4O3.HI/c1-4-6-19(11-14-28)17-25-23(24-5-2)26-18-22(27-12-15-30-16-13-27)20-7-9-21(29-3)10-8-20;/h7-10,19,22,28H,4-6,11-18H2,1-3H3,(H2,24,25,26);1H. The molecule has 2 rings (SSSR count). The molecule has 1 fully saturated rings. The Hall–Kier alpha value is -1.10. The molecule has 0 aromatic heterocycles. The zero-order valence-electron chi connectivity index (χ0n) is 19.3. The van der Waals surface area contributed by atoms with Gasteiger partial charge in [0.1, 0.15) is 5.75 Å². The predicted molar refractivity (Wildman–Crippen MR) is 138 cm³/mol. The third kappa shape index (κ3) is 9.93. The number of methoxy groups -OCH3 is 1. The highest BCUT2D eigenvalue weighted by atomic mass is 127. The van der Waals surface area contributed by atoms with Crippen molar-refractivity contribution in [2.45, 2.75) is 39.2 Å². The number of nitrogens with one attached hydrogen (secondary N) is 2. The molecule has 0 saturated carbocycles. The molecule has 0 amide bonds. The van der Waals surface area contributed by atoms with Crippen LogP contribution in [0.5, 0.6) is 5.75 Å². The molecule has 31 heavy (non-hydrogen) atoms. The molecule has 0 spiro atoms. The second kappa shape index (κ2) is 16.5. The van der Waals surface area contributed by atoms with E-state index < -0.39 is 0 Å². The number of aliphatic hydroxyl groups is 1. The first-order valence-electron chi connectivity index (χ1n) is 11.3. The molecular formula is C23H41IN4O3. The number of benzene rings is 1. The molecule has 0 bridgehead atoms. The van der Waals surface area contributed by atoms with E-state index in [1.165, 1.54) is 5.56 Å². The summed E-state index contributed by atoms with van der Waals surface area (Å²) in [5, 5.41) is 16.2. The van der Waals surface area contributed by atoms with Gasteiger partial charge in [-0.25, -0.2) is 0 Å². The zero-order valence-corrected chi connectivity index (χ0v) is 21.6. The summed E-state index contributed by atoms with van der Waals surface area (Å²) in [7, 11) is 1.69. The quantitative estimate of drug-likeness (QED) is 0.212. The molecule has 2 atom stereocenters. The van der Waals surface area contributed by atoms with Crippen molar-refractivity contribution in [3.8, 4) is 5.75 Å². The molecule has 0 radical (unpaired) electrons. The van der Waals surface area contributed by atoms with Gasteiger partial charge < -0.3 is 25.2 Å². The summed E-state index contributed by atoms with van der Waals surface area (Å²) in [5.41, 5.74) is 1.25. The molecular weight excluding hydrogens is 507 g/mol. The van der Waals surface area contributed by atoms with E-state index in [9.17, 15) is 5.11 Å². The summed E-state index contributed by atoms with van der Waals surface area (Å²) >= 11 is 0. The van der Waals surface area contributed by atoms with E-state index in [2.05, 4.69) is 41.5 Å². The number of morpholine rings is 1. The maximum atomic E-state index is 9.31. The van der Waals surface area contributed by atoms with E-state index >= 15 is 0 Å². The molecule has 7 nitrogen and oxygen atoms in total. The molecule has 3 N–H and O–H groups in total. The van der Waals surface area contributed by atoms with Crippen LogP contribution in [0.4, 0.5) is 0 Å². The number of hydrogen-bond donors (Lipinski definition) is 3. The summed E-state index contributed by atoms with van der Waals surface area (Å²) in [6, 6.07) is 8.55. The molecule has 1 aromatic rings. The molecule has 0 aliphatic carbocycles. The monoisotopic (exact) mass is 548 g/mol. The van der Waals surface area contributed by atoms with Crippen molar-refractivity contribution in [1.82, 2.24) is 15.5 Å². The Morgan fingerprint density at radius 1 is 1.16 bits per heavy atom. The van der Waals surface area contributed by atoms with Gasteiger partial charge in [0.25, 0.3) is 0 Å². The minimum Gasteiger partial charge on any atom is -0.497 e. The Morgan fingerprint density at radius 2 is 1.87 bits per heavy atom. The van der Waals surface area contributed by atoms with Crippen LogP contribution in [0.2, 0.25) is 0 Å². The van der Waals surface area contributed by atoms with E-state index in [0.717, 1.165) is 76.9 Å². The second-order valence-electron chi connectivity index (χ2n) is 7.70. The molecule has 1 aromatic carbocycles. The van der Waals surface area contributed by atoms with Crippen LogP contribution >= 0.6 is 24.0 Å². The van der Waals surface area contributed by atoms with Gasteiger partial charge in [-0.2, -0.15) is 0 Å². The number of halogens is 1. The number of ether oxygens (including phenoxy) is 2. The van der Waals surface area contributed by atoms with E-state index in [0.29, 0.717) is 5.92 Å². The summed E-state index contributed by atoms with van der Waals surface area (Å²) in [6.07, 6.45) is 3.01.